The molecule has 0 saturated carbocycles. The molecule has 38 heavy (non-hydrogen) atoms. The van der Waals surface area contributed by atoms with E-state index in [0.29, 0.717) is 17.2 Å². The molecule has 5 rings (SSSR count). The summed E-state index contributed by atoms with van der Waals surface area (Å²) < 4.78 is 12.0. The van der Waals surface area contributed by atoms with Gasteiger partial charge in [-0.3, -0.25) is 14.5 Å². The van der Waals surface area contributed by atoms with E-state index in [9.17, 15) is 9.59 Å². The van der Waals surface area contributed by atoms with Gasteiger partial charge in [-0.15, -0.1) is 0 Å². The van der Waals surface area contributed by atoms with Crippen molar-refractivity contribution in [2.75, 3.05) is 37.7 Å². The molecule has 2 saturated heterocycles. The topological polar surface area (TPSA) is 90.8 Å². The lowest BCUT2D eigenvalue weighted by Gasteiger charge is -2.35. The van der Waals surface area contributed by atoms with E-state index in [2.05, 4.69) is 33.1 Å². The molecule has 0 radical (unpaired) electrons. The van der Waals surface area contributed by atoms with Crippen molar-refractivity contribution < 1.29 is 13.9 Å². The Balaban J connectivity index is 1.47. The summed E-state index contributed by atoms with van der Waals surface area (Å²) >= 11 is 0. The molecule has 0 spiro atoms. The summed E-state index contributed by atoms with van der Waals surface area (Å²) in [6, 6.07) is 8.39. The van der Waals surface area contributed by atoms with Crippen LogP contribution in [0.25, 0.3) is 11.0 Å². The second-order valence-corrected chi connectivity index (χ2v) is 10.7. The van der Waals surface area contributed by atoms with Crippen molar-refractivity contribution in [3.05, 3.63) is 62.8 Å². The molecule has 8 heteroatoms. The Morgan fingerprint density at radius 3 is 2.58 bits per heavy atom. The predicted octanol–water partition coefficient (Wildman–Crippen LogP) is 4.66. The molecule has 2 aliphatic heterocycles. The Morgan fingerprint density at radius 2 is 1.87 bits per heavy atom. The van der Waals surface area contributed by atoms with Gasteiger partial charge in [-0.1, -0.05) is 6.42 Å². The predicted molar refractivity (Wildman–Crippen MR) is 150 cm³/mol. The number of anilines is 1. The van der Waals surface area contributed by atoms with Crippen molar-refractivity contribution in [3.8, 4) is 0 Å². The lowest BCUT2D eigenvalue weighted by atomic mass is 10.0. The van der Waals surface area contributed by atoms with E-state index in [1.54, 1.807) is 0 Å². The summed E-state index contributed by atoms with van der Waals surface area (Å²) in [5.41, 5.74) is 4.39. The first-order chi connectivity index (χ1) is 18.4. The molecule has 2 aromatic heterocycles. The van der Waals surface area contributed by atoms with Crippen LogP contribution < -0.4 is 15.8 Å². The number of benzene rings is 1. The minimum absolute atomic E-state index is 0.162. The minimum Gasteiger partial charge on any atom is -0.460 e. The number of likely N-dealkylation sites (tertiary alicyclic amines) is 1. The third-order valence-electron chi connectivity index (χ3n) is 7.97. The first-order valence-corrected chi connectivity index (χ1v) is 14.0. The number of aromatic nitrogens is 1. The van der Waals surface area contributed by atoms with E-state index < -0.39 is 0 Å². The number of carbonyl (C=O) groups excluding carboxylic acids is 1. The van der Waals surface area contributed by atoms with Crippen LogP contribution in [0.2, 0.25) is 0 Å². The zero-order valence-corrected chi connectivity index (χ0v) is 22.9. The van der Waals surface area contributed by atoms with Crippen molar-refractivity contribution in [3.63, 3.8) is 0 Å². The standard InChI is InChI=1S/C30H40N4O4/c1-4-34(22-8-12-37-13-9-22)23-15-26(29(35)31-18-27-20(2)14-21(3)32-30(27)36)25-17-24(38-28(25)16-23)19-33-10-6-5-7-11-33/h14-17,22H,4-13,18-19H2,1-3H3,(H,31,35)(H,32,36). The smallest absolute Gasteiger partial charge is 0.253 e. The monoisotopic (exact) mass is 520 g/mol. The molecule has 0 unspecified atom stereocenters. The van der Waals surface area contributed by atoms with Gasteiger partial charge >= 0.3 is 0 Å². The molecular formula is C30H40N4O4. The van der Waals surface area contributed by atoms with E-state index in [0.717, 1.165) is 85.9 Å². The maximum Gasteiger partial charge on any atom is 0.253 e. The van der Waals surface area contributed by atoms with E-state index in [1.807, 2.05) is 32.0 Å². The van der Waals surface area contributed by atoms with Crippen LogP contribution >= 0.6 is 0 Å². The number of carbonyl (C=O) groups is 1. The van der Waals surface area contributed by atoms with Gasteiger partial charge in [-0.05, 0) is 83.3 Å². The highest BCUT2D eigenvalue weighted by atomic mass is 16.5. The second kappa shape index (κ2) is 11.7. The molecule has 0 atom stereocenters. The molecule has 2 fully saturated rings. The first kappa shape index (κ1) is 26.5. The van der Waals surface area contributed by atoms with Gasteiger partial charge in [0, 0.05) is 60.7 Å². The number of amides is 1. The Labute approximate surface area is 224 Å². The summed E-state index contributed by atoms with van der Waals surface area (Å²) in [7, 11) is 0. The molecule has 8 nitrogen and oxygen atoms in total. The molecule has 2 aliphatic rings. The number of aryl methyl sites for hydroxylation is 2. The van der Waals surface area contributed by atoms with Crippen molar-refractivity contribution in [1.82, 2.24) is 15.2 Å². The lowest BCUT2D eigenvalue weighted by Crippen LogP contribution is -2.39. The number of ether oxygens (including phenoxy) is 1. The SMILES string of the molecule is CCN(c1cc(C(=O)NCc2c(C)cc(C)[nH]c2=O)c2cc(CN3CCCCC3)oc2c1)C1CCOCC1. The molecule has 1 aromatic carbocycles. The molecule has 1 amide bonds. The van der Waals surface area contributed by atoms with Crippen LogP contribution in [0.1, 0.15) is 72.0 Å². The number of aromatic amines is 1. The number of pyridine rings is 1. The van der Waals surface area contributed by atoms with Gasteiger partial charge < -0.3 is 24.4 Å². The van der Waals surface area contributed by atoms with Crippen LogP contribution in [0.15, 0.2) is 33.5 Å². The number of rotatable bonds is 8. The van der Waals surface area contributed by atoms with Crippen molar-refractivity contribution in [2.45, 2.75) is 72.0 Å². The van der Waals surface area contributed by atoms with Gasteiger partial charge in [0.05, 0.1) is 12.1 Å². The molecule has 204 valence electrons. The summed E-state index contributed by atoms with van der Waals surface area (Å²) in [6.45, 7) is 11.3. The number of nitrogens with zero attached hydrogens (tertiary/aromatic N) is 2. The van der Waals surface area contributed by atoms with Crippen LogP contribution in [0.5, 0.6) is 0 Å². The molecular weight excluding hydrogens is 480 g/mol. The number of H-pyrrole nitrogens is 1. The highest BCUT2D eigenvalue weighted by Gasteiger charge is 2.24. The Morgan fingerprint density at radius 1 is 1.11 bits per heavy atom. The molecule has 0 aliphatic carbocycles. The number of furan rings is 1. The van der Waals surface area contributed by atoms with Gasteiger partial charge in [0.15, 0.2) is 0 Å². The molecule has 2 N–H and O–H groups in total. The lowest BCUT2D eigenvalue weighted by molar-refractivity contribution is 0.0846. The van der Waals surface area contributed by atoms with Crippen molar-refractivity contribution >= 4 is 22.6 Å². The van der Waals surface area contributed by atoms with E-state index >= 15 is 0 Å². The summed E-state index contributed by atoms with van der Waals surface area (Å²) in [4.78, 5) is 33.8. The van der Waals surface area contributed by atoms with E-state index in [4.69, 9.17) is 9.15 Å². The first-order valence-electron chi connectivity index (χ1n) is 14.0. The van der Waals surface area contributed by atoms with Crippen molar-refractivity contribution in [1.29, 1.82) is 0 Å². The van der Waals surface area contributed by atoms with Crippen LogP contribution in [-0.2, 0) is 17.8 Å². The highest BCUT2D eigenvalue weighted by Crippen LogP contribution is 2.32. The number of piperidine rings is 1. The second-order valence-electron chi connectivity index (χ2n) is 10.7. The van der Waals surface area contributed by atoms with Gasteiger partial charge in [-0.25, -0.2) is 0 Å². The highest BCUT2D eigenvalue weighted by molar-refractivity contribution is 6.07. The van der Waals surface area contributed by atoms with Gasteiger partial charge in [0.2, 0.25) is 0 Å². The van der Waals surface area contributed by atoms with E-state index in [-0.39, 0.29) is 18.0 Å². The fourth-order valence-corrected chi connectivity index (χ4v) is 5.96. The van der Waals surface area contributed by atoms with E-state index in [1.165, 1.54) is 19.3 Å². The van der Waals surface area contributed by atoms with Gasteiger partial charge in [-0.2, -0.15) is 0 Å². The third-order valence-corrected chi connectivity index (χ3v) is 7.97. The maximum atomic E-state index is 13.6. The Hall–Kier alpha value is -3.10. The van der Waals surface area contributed by atoms with Crippen LogP contribution in [-0.4, -0.2) is 54.7 Å². The number of hydrogen-bond acceptors (Lipinski definition) is 6. The van der Waals surface area contributed by atoms with Crippen LogP contribution in [0.4, 0.5) is 5.69 Å². The fourth-order valence-electron chi connectivity index (χ4n) is 5.96. The Bertz CT molecular complexity index is 1330. The quantitative estimate of drug-likeness (QED) is 0.449. The zero-order chi connectivity index (χ0) is 26.6. The third kappa shape index (κ3) is 5.81. The van der Waals surface area contributed by atoms with Gasteiger partial charge in [0.25, 0.3) is 11.5 Å². The Kier molecular flexibility index (Phi) is 8.19. The van der Waals surface area contributed by atoms with Crippen molar-refractivity contribution in [2.24, 2.45) is 0 Å². The number of hydrogen-bond donors (Lipinski definition) is 2. The molecule has 3 aromatic rings. The fraction of sp³-hybridized carbons (Fsp3) is 0.533. The van der Waals surface area contributed by atoms with Crippen LogP contribution in [0, 0.1) is 13.8 Å². The van der Waals surface area contributed by atoms with Crippen LogP contribution in [0.3, 0.4) is 0 Å². The maximum absolute atomic E-state index is 13.6. The normalized spacial score (nSPS) is 17.1. The summed E-state index contributed by atoms with van der Waals surface area (Å²) in [6.07, 6.45) is 5.63. The summed E-state index contributed by atoms with van der Waals surface area (Å²) in [5.74, 6) is 0.678. The average Bonchev–Trinajstić information content (AvgIpc) is 3.31. The number of fused-ring (bicyclic) bond motifs is 1. The minimum atomic E-state index is -0.204. The molecule has 4 heterocycles. The zero-order valence-electron chi connectivity index (χ0n) is 22.9. The molecule has 0 bridgehead atoms. The largest absolute Gasteiger partial charge is 0.460 e. The number of nitrogens with one attached hydrogen (secondary N) is 2. The van der Waals surface area contributed by atoms with Gasteiger partial charge in [0.1, 0.15) is 11.3 Å². The summed E-state index contributed by atoms with van der Waals surface area (Å²) in [5, 5.41) is 3.83. The average molecular weight is 521 g/mol.